The van der Waals surface area contributed by atoms with Crippen molar-refractivity contribution < 1.29 is 9.53 Å². The maximum Gasteiger partial charge on any atom is 0.255 e. The van der Waals surface area contributed by atoms with Gasteiger partial charge in [-0.3, -0.25) is 4.79 Å². The zero-order valence-corrected chi connectivity index (χ0v) is 18.8. The molecule has 1 amide bonds. The molecule has 0 saturated heterocycles. The molecule has 0 radical (unpaired) electrons. The molecular weight excluding hydrogens is 432 g/mol. The minimum Gasteiger partial charge on any atom is -0.497 e. The Labute approximate surface area is 195 Å². The monoisotopic (exact) mass is 454 g/mol. The van der Waals surface area contributed by atoms with Crippen LogP contribution in [0.4, 0.5) is 11.4 Å². The van der Waals surface area contributed by atoms with Crippen molar-refractivity contribution >= 4 is 39.7 Å². The smallest absolute Gasteiger partial charge is 0.255 e. The summed E-state index contributed by atoms with van der Waals surface area (Å²) in [6.45, 7) is 0.791. The predicted molar refractivity (Wildman–Crippen MR) is 134 cm³/mol. The molecule has 0 saturated carbocycles. The number of hydrogen-bond acceptors (Lipinski definition) is 5. The maximum absolute atomic E-state index is 12.5. The lowest BCUT2D eigenvalue weighted by atomic mass is 10.1. The number of thiophene rings is 1. The number of anilines is 2. The average molecular weight is 455 g/mol. The molecule has 0 spiro atoms. The topological polar surface area (TPSA) is 79.0 Å². The van der Waals surface area contributed by atoms with E-state index < -0.39 is 0 Å². The SMILES string of the molecule is COc1ccc(C(=O)Nc2ccc(-c3nc4ccc(NCc5ccsc5)cc4[nH]3)cc2)cc1. The van der Waals surface area contributed by atoms with Crippen LogP contribution in [-0.4, -0.2) is 23.0 Å². The highest BCUT2D eigenvalue weighted by atomic mass is 32.1. The van der Waals surface area contributed by atoms with E-state index in [2.05, 4.69) is 38.5 Å². The van der Waals surface area contributed by atoms with E-state index >= 15 is 0 Å². The number of hydrogen-bond donors (Lipinski definition) is 3. The van der Waals surface area contributed by atoms with Crippen LogP contribution in [0.1, 0.15) is 15.9 Å². The fraction of sp³-hybridized carbons (Fsp3) is 0.0769. The molecule has 6 nitrogen and oxygen atoms in total. The number of nitrogens with one attached hydrogen (secondary N) is 3. The molecule has 0 fully saturated rings. The average Bonchev–Trinajstić information content (AvgIpc) is 3.53. The summed E-state index contributed by atoms with van der Waals surface area (Å²) in [7, 11) is 1.60. The fourth-order valence-corrected chi connectivity index (χ4v) is 4.18. The van der Waals surface area contributed by atoms with Crippen LogP contribution < -0.4 is 15.4 Å². The maximum atomic E-state index is 12.5. The van der Waals surface area contributed by atoms with Crippen molar-refractivity contribution in [2.75, 3.05) is 17.7 Å². The van der Waals surface area contributed by atoms with Crippen molar-refractivity contribution in [1.29, 1.82) is 0 Å². The van der Waals surface area contributed by atoms with Crippen LogP contribution in [-0.2, 0) is 6.54 Å². The zero-order valence-electron chi connectivity index (χ0n) is 18.0. The summed E-state index contributed by atoms with van der Waals surface area (Å²) in [4.78, 5) is 20.6. The number of fused-ring (bicyclic) bond motifs is 1. The van der Waals surface area contributed by atoms with Crippen molar-refractivity contribution in [2.45, 2.75) is 6.54 Å². The van der Waals surface area contributed by atoms with E-state index in [9.17, 15) is 4.79 Å². The molecule has 164 valence electrons. The van der Waals surface area contributed by atoms with Gasteiger partial charge in [0, 0.05) is 29.0 Å². The number of methoxy groups -OCH3 is 1. The van der Waals surface area contributed by atoms with Crippen molar-refractivity contribution in [3.8, 4) is 17.1 Å². The second-order valence-electron chi connectivity index (χ2n) is 7.56. The van der Waals surface area contributed by atoms with E-state index in [1.165, 1.54) is 5.56 Å². The minimum atomic E-state index is -0.170. The molecule has 2 heterocycles. The number of benzene rings is 3. The van der Waals surface area contributed by atoms with Crippen molar-refractivity contribution in [3.05, 3.63) is 94.7 Å². The fourth-order valence-electron chi connectivity index (χ4n) is 3.51. The quantitative estimate of drug-likeness (QED) is 0.275. The van der Waals surface area contributed by atoms with Crippen molar-refractivity contribution in [1.82, 2.24) is 9.97 Å². The summed E-state index contributed by atoms with van der Waals surface area (Å²) in [5.74, 6) is 1.33. The van der Waals surface area contributed by atoms with E-state index in [0.717, 1.165) is 40.3 Å². The van der Waals surface area contributed by atoms with E-state index in [0.29, 0.717) is 11.3 Å². The van der Waals surface area contributed by atoms with Crippen LogP contribution in [0.3, 0.4) is 0 Å². The lowest BCUT2D eigenvalue weighted by molar-refractivity contribution is 0.102. The van der Waals surface area contributed by atoms with Crippen molar-refractivity contribution in [2.24, 2.45) is 0 Å². The Hall–Kier alpha value is -4.10. The third-order valence-corrected chi connectivity index (χ3v) is 6.06. The normalized spacial score (nSPS) is 10.8. The summed E-state index contributed by atoms with van der Waals surface area (Å²) >= 11 is 1.70. The predicted octanol–water partition coefficient (Wildman–Crippen LogP) is 6.16. The number of carbonyl (C=O) groups is 1. The molecule has 0 unspecified atom stereocenters. The van der Waals surface area contributed by atoms with Gasteiger partial charge in [-0.05, 0) is 89.1 Å². The number of H-pyrrole nitrogens is 1. The molecule has 5 aromatic rings. The Morgan fingerprint density at radius 3 is 2.52 bits per heavy atom. The van der Waals surface area contributed by atoms with Gasteiger partial charge in [-0.2, -0.15) is 11.3 Å². The van der Waals surface area contributed by atoms with Crippen molar-refractivity contribution in [3.63, 3.8) is 0 Å². The number of aromatic amines is 1. The largest absolute Gasteiger partial charge is 0.497 e. The number of imidazole rings is 1. The summed E-state index contributed by atoms with van der Waals surface area (Å²) in [5.41, 5.74) is 6.42. The second-order valence-corrected chi connectivity index (χ2v) is 8.34. The number of carbonyl (C=O) groups excluding carboxylic acids is 1. The van der Waals surface area contributed by atoms with Gasteiger partial charge in [0.15, 0.2) is 0 Å². The van der Waals surface area contributed by atoms with Crippen LogP contribution >= 0.6 is 11.3 Å². The Morgan fingerprint density at radius 1 is 1.00 bits per heavy atom. The highest BCUT2D eigenvalue weighted by molar-refractivity contribution is 7.07. The molecular formula is C26H22N4O2S. The molecule has 0 bridgehead atoms. The molecule has 3 aromatic carbocycles. The van der Waals surface area contributed by atoms with Gasteiger partial charge in [-0.15, -0.1) is 0 Å². The van der Waals surface area contributed by atoms with E-state index in [1.807, 2.05) is 36.4 Å². The summed E-state index contributed by atoms with van der Waals surface area (Å²) in [5, 5.41) is 10.6. The van der Waals surface area contributed by atoms with Gasteiger partial charge >= 0.3 is 0 Å². The first-order valence-corrected chi connectivity index (χ1v) is 11.4. The third kappa shape index (κ3) is 4.73. The van der Waals surface area contributed by atoms with Gasteiger partial charge in [0.05, 0.1) is 18.1 Å². The van der Waals surface area contributed by atoms with Crippen LogP contribution in [0.15, 0.2) is 83.6 Å². The number of amides is 1. The first-order valence-electron chi connectivity index (χ1n) is 10.5. The molecule has 33 heavy (non-hydrogen) atoms. The standard InChI is InChI=1S/C26H22N4O2S/c1-32-22-9-4-19(5-10-22)26(31)28-20-6-2-18(3-7-20)25-29-23-11-8-21(14-24(23)30-25)27-15-17-12-13-33-16-17/h2-14,16,27H,15H2,1H3,(H,28,31)(H,29,30). The van der Waals surface area contributed by atoms with Gasteiger partial charge < -0.3 is 20.4 Å². The van der Waals surface area contributed by atoms with Crippen LogP contribution in [0.5, 0.6) is 5.75 Å². The summed E-state index contributed by atoms with van der Waals surface area (Å²) in [6.07, 6.45) is 0. The minimum absolute atomic E-state index is 0.170. The molecule has 5 rings (SSSR count). The molecule has 0 aliphatic heterocycles. The van der Waals surface area contributed by atoms with E-state index in [1.54, 1.807) is 42.7 Å². The van der Waals surface area contributed by atoms with Gasteiger partial charge in [-0.1, -0.05) is 0 Å². The Balaban J connectivity index is 1.27. The molecule has 7 heteroatoms. The Kier molecular flexibility index (Phi) is 5.78. The van der Waals surface area contributed by atoms with Gasteiger partial charge in [0.25, 0.3) is 5.91 Å². The second kappa shape index (κ2) is 9.18. The van der Waals surface area contributed by atoms with Gasteiger partial charge in [0.1, 0.15) is 11.6 Å². The number of rotatable bonds is 7. The molecule has 0 aliphatic rings. The highest BCUT2D eigenvalue weighted by Gasteiger charge is 2.09. The first kappa shape index (κ1) is 20.8. The first-order chi connectivity index (χ1) is 16.2. The Bertz CT molecular complexity index is 1370. The lowest BCUT2D eigenvalue weighted by Gasteiger charge is -2.07. The molecule has 0 aliphatic carbocycles. The van der Waals surface area contributed by atoms with Gasteiger partial charge in [0.2, 0.25) is 0 Å². The van der Waals surface area contributed by atoms with Crippen LogP contribution in [0, 0.1) is 0 Å². The van der Waals surface area contributed by atoms with Crippen LogP contribution in [0.25, 0.3) is 22.4 Å². The number of ether oxygens (including phenoxy) is 1. The molecule has 3 N–H and O–H groups in total. The molecule has 0 atom stereocenters. The van der Waals surface area contributed by atoms with E-state index in [-0.39, 0.29) is 5.91 Å². The summed E-state index contributed by atoms with van der Waals surface area (Å²) in [6, 6.07) is 22.9. The van der Waals surface area contributed by atoms with Crippen LogP contribution in [0.2, 0.25) is 0 Å². The van der Waals surface area contributed by atoms with Gasteiger partial charge in [-0.25, -0.2) is 4.98 Å². The highest BCUT2D eigenvalue weighted by Crippen LogP contribution is 2.25. The third-order valence-electron chi connectivity index (χ3n) is 5.33. The molecule has 2 aromatic heterocycles. The Morgan fingerprint density at radius 2 is 1.79 bits per heavy atom. The summed E-state index contributed by atoms with van der Waals surface area (Å²) < 4.78 is 5.13. The number of aromatic nitrogens is 2. The lowest BCUT2D eigenvalue weighted by Crippen LogP contribution is -2.11. The zero-order chi connectivity index (χ0) is 22.6. The van der Waals surface area contributed by atoms with E-state index in [4.69, 9.17) is 9.72 Å². The number of nitrogens with zero attached hydrogens (tertiary/aromatic N) is 1.